The quantitative estimate of drug-likeness (QED) is 0.654. The molecule has 6 heteroatoms. The predicted octanol–water partition coefficient (Wildman–Crippen LogP) is 2.48. The van der Waals surface area contributed by atoms with Gasteiger partial charge >= 0.3 is 5.37 Å². The summed E-state index contributed by atoms with van der Waals surface area (Å²) in [6.45, 7) is 0. The Bertz CT molecular complexity index is 369. The number of methoxy groups -OCH3 is 3. The molecule has 0 atom stereocenters. The molecular formula is C10H12ClNO4. The first-order chi connectivity index (χ1) is 7.62. The molecule has 0 aromatic heterocycles. The maximum atomic E-state index is 10.8. The molecule has 88 valence electrons. The Labute approximate surface area is 98.2 Å². The molecule has 5 nitrogen and oxygen atoms in total. The Balaban J connectivity index is 3.25. The number of anilines is 1. The Kier molecular flexibility index (Phi) is 4.25. The number of amides is 1. The van der Waals surface area contributed by atoms with E-state index in [0.717, 1.165) is 0 Å². The number of ether oxygens (including phenoxy) is 3. The van der Waals surface area contributed by atoms with Crippen LogP contribution in [0.3, 0.4) is 0 Å². The summed E-state index contributed by atoms with van der Waals surface area (Å²) in [6.07, 6.45) is 0. The van der Waals surface area contributed by atoms with Crippen molar-refractivity contribution in [3.05, 3.63) is 12.1 Å². The van der Waals surface area contributed by atoms with E-state index in [1.54, 1.807) is 12.1 Å². The van der Waals surface area contributed by atoms with Crippen LogP contribution in [0.1, 0.15) is 0 Å². The number of rotatable bonds is 4. The average Bonchev–Trinajstić information content (AvgIpc) is 2.28. The van der Waals surface area contributed by atoms with Crippen molar-refractivity contribution < 1.29 is 19.0 Å². The van der Waals surface area contributed by atoms with Gasteiger partial charge in [-0.3, -0.25) is 4.79 Å². The third-order valence-corrected chi connectivity index (χ3v) is 2.03. The Hall–Kier alpha value is -1.62. The molecule has 1 amide bonds. The fourth-order valence-corrected chi connectivity index (χ4v) is 1.32. The lowest BCUT2D eigenvalue weighted by atomic mass is 10.2. The Morgan fingerprint density at radius 3 is 1.94 bits per heavy atom. The number of carbonyl (C=O) groups is 1. The topological polar surface area (TPSA) is 56.8 Å². The number of nitrogens with one attached hydrogen (secondary N) is 1. The number of hydrogen-bond acceptors (Lipinski definition) is 4. The van der Waals surface area contributed by atoms with Gasteiger partial charge in [0.1, 0.15) is 22.9 Å². The fraction of sp³-hybridized carbons (Fsp3) is 0.300. The summed E-state index contributed by atoms with van der Waals surface area (Å²) in [5, 5.41) is 1.70. The van der Waals surface area contributed by atoms with Gasteiger partial charge in [0, 0.05) is 12.1 Å². The SMILES string of the molecule is COc1cc(OC)c(NC(=O)Cl)c(OC)c1. The lowest BCUT2D eigenvalue weighted by molar-refractivity contribution is 0.268. The van der Waals surface area contributed by atoms with Crippen LogP contribution in [0.4, 0.5) is 10.5 Å². The van der Waals surface area contributed by atoms with Gasteiger partial charge in [-0.25, -0.2) is 0 Å². The van der Waals surface area contributed by atoms with Crippen molar-refractivity contribution in [1.82, 2.24) is 0 Å². The Morgan fingerprint density at radius 2 is 1.62 bits per heavy atom. The molecule has 1 rings (SSSR count). The van der Waals surface area contributed by atoms with E-state index >= 15 is 0 Å². The highest BCUT2D eigenvalue weighted by Crippen LogP contribution is 2.38. The van der Waals surface area contributed by atoms with Crippen LogP contribution in [-0.4, -0.2) is 26.7 Å². The molecular weight excluding hydrogens is 234 g/mol. The molecule has 1 aromatic carbocycles. The smallest absolute Gasteiger partial charge is 0.318 e. The van der Waals surface area contributed by atoms with Gasteiger partial charge in [-0.05, 0) is 11.6 Å². The normalized spacial score (nSPS) is 9.50. The van der Waals surface area contributed by atoms with Gasteiger partial charge in [-0.1, -0.05) is 0 Å². The van der Waals surface area contributed by atoms with Gasteiger partial charge in [0.2, 0.25) is 0 Å². The molecule has 0 bridgehead atoms. The summed E-state index contributed by atoms with van der Waals surface area (Å²) in [6, 6.07) is 3.23. The minimum Gasteiger partial charge on any atom is -0.496 e. The molecule has 0 heterocycles. The predicted molar refractivity (Wildman–Crippen MR) is 61.0 cm³/mol. The zero-order valence-electron chi connectivity index (χ0n) is 9.17. The standard InChI is InChI=1S/C10H12ClNO4/c1-14-6-4-7(15-2)9(12-10(11)13)8(5-6)16-3/h4-5H,1-3H3,(H,12,13). The Morgan fingerprint density at radius 1 is 1.12 bits per heavy atom. The second-order valence-corrected chi connectivity index (χ2v) is 3.15. The zero-order valence-corrected chi connectivity index (χ0v) is 9.92. The van der Waals surface area contributed by atoms with Crippen LogP contribution in [0.25, 0.3) is 0 Å². The monoisotopic (exact) mass is 245 g/mol. The van der Waals surface area contributed by atoms with E-state index in [-0.39, 0.29) is 0 Å². The van der Waals surface area contributed by atoms with Crippen molar-refractivity contribution in [1.29, 1.82) is 0 Å². The molecule has 0 radical (unpaired) electrons. The maximum absolute atomic E-state index is 10.8. The van der Waals surface area contributed by atoms with Crippen molar-refractivity contribution in [3.8, 4) is 17.2 Å². The fourth-order valence-electron chi connectivity index (χ4n) is 1.23. The zero-order chi connectivity index (χ0) is 12.1. The van der Waals surface area contributed by atoms with Crippen LogP contribution >= 0.6 is 11.6 Å². The molecule has 0 spiro atoms. The van der Waals surface area contributed by atoms with Gasteiger partial charge in [-0.2, -0.15) is 0 Å². The van der Waals surface area contributed by atoms with E-state index in [1.807, 2.05) is 0 Å². The van der Waals surface area contributed by atoms with E-state index in [2.05, 4.69) is 5.32 Å². The summed E-state index contributed by atoms with van der Waals surface area (Å²) >= 11 is 5.25. The van der Waals surface area contributed by atoms with Crippen molar-refractivity contribution in [2.45, 2.75) is 0 Å². The lowest BCUT2D eigenvalue weighted by Gasteiger charge is -2.14. The molecule has 0 aliphatic heterocycles. The number of hydrogen-bond donors (Lipinski definition) is 1. The molecule has 0 aliphatic carbocycles. The number of carbonyl (C=O) groups excluding carboxylic acids is 1. The van der Waals surface area contributed by atoms with Gasteiger partial charge in [0.15, 0.2) is 0 Å². The molecule has 1 aromatic rings. The summed E-state index contributed by atoms with van der Waals surface area (Å²) in [5.74, 6) is 1.37. The lowest BCUT2D eigenvalue weighted by Crippen LogP contribution is -2.05. The van der Waals surface area contributed by atoms with E-state index < -0.39 is 5.37 Å². The highest BCUT2D eigenvalue weighted by molar-refractivity contribution is 6.65. The minimum absolute atomic E-state index is 0.366. The highest BCUT2D eigenvalue weighted by atomic mass is 35.5. The summed E-state index contributed by atoms with van der Waals surface area (Å²) < 4.78 is 15.2. The second kappa shape index (κ2) is 5.46. The molecule has 0 fully saturated rings. The van der Waals surface area contributed by atoms with E-state index in [1.165, 1.54) is 21.3 Å². The van der Waals surface area contributed by atoms with Crippen LogP contribution in [0, 0.1) is 0 Å². The molecule has 0 aliphatic rings. The molecule has 1 N–H and O–H groups in total. The molecule has 0 unspecified atom stereocenters. The third kappa shape index (κ3) is 2.70. The van der Waals surface area contributed by atoms with Crippen LogP contribution in [0.5, 0.6) is 17.2 Å². The van der Waals surface area contributed by atoms with E-state index in [0.29, 0.717) is 22.9 Å². The van der Waals surface area contributed by atoms with E-state index in [4.69, 9.17) is 25.8 Å². The second-order valence-electron chi connectivity index (χ2n) is 2.81. The average molecular weight is 246 g/mol. The first-order valence-corrected chi connectivity index (χ1v) is 4.76. The van der Waals surface area contributed by atoms with Crippen molar-refractivity contribution in [2.75, 3.05) is 26.6 Å². The number of halogens is 1. The van der Waals surface area contributed by atoms with Gasteiger partial charge in [0.05, 0.1) is 21.3 Å². The van der Waals surface area contributed by atoms with Crippen molar-refractivity contribution in [2.24, 2.45) is 0 Å². The third-order valence-electron chi connectivity index (χ3n) is 1.94. The van der Waals surface area contributed by atoms with Gasteiger partial charge in [-0.15, -0.1) is 0 Å². The molecule has 0 saturated heterocycles. The van der Waals surface area contributed by atoms with Gasteiger partial charge < -0.3 is 19.5 Å². The number of benzene rings is 1. The summed E-state index contributed by atoms with van der Waals surface area (Å²) in [5.41, 5.74) is 0.366. The van der Waals surface area contributed by atoms with Gasteiger partial charge in [0.25, 0.3) is 0 Å². The molecule has 0 saturated carbocycles. The van der Waals surface area contributed by atoms with Crippen LogP contribution in [0.15, 0.2) is 12.1 Å². The summed E-state index contributed by atoms with van der Waals surface area (Å²) in [4.78, 5) is 10.8. The van der Waals surface area contributed by atoms with Crippen LogP contribution in [0.2, 0.25) is 0 Å². The first-order valence-electron chi connectivity index (χ1n) is 4.38. The van der Waals surface area contributed by atoms with Crippen molar-refractivity contribution >= 4 is 22.7 Å². The first kappa shape index (κ1) is 12.4. The van der Waals surface area contributed by atoms with E-state index in [9.17, 15) is 4.79 Å². The van der Waals surface area contributed by atoms with Crippen LogP contribution < -0.4 is 19.5 Å². The molecule has 16 heavy (non-hydrogen) atoms. The highest BCUT2D eigenvalue weighted by Gasteiger charge is 2.14. The maximum Gasteiger partial charge on any atom is 0.318 e. The summed E-state index contributed by atoms with van der Waals surface area (Å²) in [7, 11) is 4.46. The largest absolute Gasteiger partial charge is 0.496 e. The van der Waals surface area contributed by atoms with Crippen LogP contribution in [-0.2, 0) is 0 Å². The minimum atomic E-state index is -0.721. The van der Waals surface area contributed by atoms with Crippen molar-refractivity contribution in [3.63, 3.8) is 0 Å².